The smallest absolute Gasteiger partial charge is 0.279 e. The molecule has 1 N–H and O–H groups in total. The van der Waals surface area contributed by atoms with Crippen LogP contribution in [0.3, 0.4) is 0 Å². The third-order valence-electron chi connectivity index (χ3n) is 3.77. The Bertz CT molecular complexity index is 1090. The highest BCUT2D eigenvalue weighted by Gasteiger charge is 2.05. The van der Waals surface area contributed by atoms with Crippen LogP contribution in [0.1, 0.15) is 15.9 Å². The largest absolute Gasteiger partial charge is 0.545 e. The maximum atomic E-state index is 12.7. The van der Waals surface area contributed by atoms with E-state index in [4.69, 9.17) is 4.74 Å². The zero-order valence-electron chi connectivity index (χ0n) is 13.5. The predicted molar refractivity (Wildman–Crippen MR) is 92.1 cm³/mol. The number of rotatable bonds is 4. The zero-order valence-corrected chi connectivity index (χ0v) is 13.5. The van der Waals surface area contributed by atoms with Gasteiger partial charge in [-0.15, -0.1) is 0 Å². The highest BCUT2D eigenvalue weighted by molar-refractivity contribution is 5.85. The second-order valence-corrected chi connectivity index (χ2v) is 5.40. The minimum Gasteiger partial charge on any atom is -0.545 e. The maximum Gasteiger partial charge on any atom is 0.279 e. The number of aromatic nitrogens is 2. The van der Waals surface area contributed by atoms with E-state index in [-0.39, 0.29) is 11.1 Å². The number of nitrogens with one attached hydrogen (secondary N) is 1. The van der Waals surface area contributed by atoms with Crippen molar-refractivity contribution in [3.8, 4) is 11.4 Å². The molecule has 25 heavy (non-hydrogen) atoms. The first-order chi connectivity index (χ1) is 12.0. The van der Waals surface area contributed by atoms with Crippen molar-refractivity contribution in [1.82, 2.24) is 9.78 Å². The molecule has 0 radical (unpaired) electrons. The van der Waals surface area contributed by atoms with Crippen LogP contribution in [0.25, 0.3) is 18.3 Å². The Hall–Kier alpha value is -3.54. The summed E-state index contributed by atoms with van der Waals surface area (Å²) in [5, 5.41) is 14.6. The number of carbonyl (C=O) groups is 1. The summed E-state index contributed by atoms with van der Waals surface area (Å²) in [6, 6.07) is 13.1. The predicted octanol–water partition coefficient (Wildman–Crippen LogP) is -0.223. The molecule has 0 spiro atoms. The van der Waals surface area contributed by atoms with Crippen molar-refractivity contribution in [3.05, 3.63) is 80.6 Å². The number of nitrogens with zero attached hydrogens (tertiary/aromatic N) is 1. The van der Waals surface area contributed by atoms with Crippen LogP contribution in [-0.2, 0) is 0 Å². The Balaban J connectivity index is 2.09. The summed E-state index contributed by atoms with van der Waals surface area (Å²) >= 11 is 0. The molecule has 0 amide bonds. The average Bonchev–Trinajstić information content (AvgIpc) is 2.90. The van der Waals surface area contributed by atoms with Crippen molar-refractivity contribution >= 4 is 18.6 Å². The minimum atomic E-state index is -1.27. The van der Waals surface area contributed by atoms with Crippen LogP contribution >= 0.6 is 0 Å². The number of aromatic amines is 1. The van der Waals surface area contributed by atoms with Crippen LogP contribution in [0.2, 0.25) is 0 Å². The fourth-order valence-corrected chi connectivity index (χ4v) is 2.47. The van der Waals surface area contributed by atoms with Gasteiger partial charge in [0.15, 0.2) is 0 Å². The maximum absolute atomic E-state index is 12.7. The van der Waals surface area contributed by atoms with Crippen LogP contribution in [-0.4, -0.2) is 22.9 Å². The average molecular weight is 335 g/mol. The monoisotopic (exact) mass is 335 g/mol. The van der Waals surface area contributed by atoms with E-state index in [2.05, 4.69) is 11.7 Å². The van der Waals surface area contributed by atoms with Gasteiger partial charge in [0.1, 0.15) is 5.75 Å². The molecule has 3 aromatic rings. The van der Waals surface area contributed by atoms with Crippen molar-refractivity contribution in [2.24, 2.45) is 0 Å². The lowest BCUT2D eigenvalue weighted by Crippen LogP contribution is -2.34. The highest BCUT2D eigenvalue weighted by atomic mass is 16.5. The van der Waals surface area contributed by atoms with Gasteiger partial charge in [0.2, 0.25) is 0 Å². The molecule has 0 aliphatic heterocycles. The summed E-state index contributed by atoms with van der Waals surface area (Å²) in [7, 11) is 1.57. The quantitative estimate of drug-likeness (QED) is 0.714. The van der Waals surface area contributed by atoms with E-state index in [1.54, 1.807) is 13.2 Å². The Morgan fingerprint density at radius 1 is 1.24 bits per heavy atom. The van der Waals surface area contributed by atoms with Gasteiger partial charge in [-0.2, -0.15) is 0 Å². The molecule has 3 rings (SSSR count). The number of H-pyrrole nitrogens is 1. The number of aromatic carboxylic acids is 1. The lowest BCUT2D eigenvalue weighted by Gasteiger charge is -2.04. The Labute approximate surface area is 142 Å². The topological polar surface area (TPSA) is 87.1 Å². The lowest BCUT2D eigenvalue weighted by molar-refractivity contribution is -0.255. The molecule has 0 fully saturated rings. The summed E-state index contributed by atoms with van der Waals surface area (Å²) in [6.45, 7) is 3.87. The second kappa shape index (κ2) is 6.52. The molecule has 0 aliphatic rings. The number of benzene rings is 2. The molecule has 6 nitrogen and oxygen atoms in total. The van der Waals surface area contributed by atoms with Gasteiger partial charge in [0, 0.05) is 0 Å². The molecule has 126 valence electrons. The van der Waals surface area contributed by atoms with Gasteiger partial charge in [0.05, 0.1) is 29.3 Å². The van der Waals surface area contributed by atoms with Crippen LogP contribution in [0, 0.1) is 0 Å². The number of hydrogen-bond donors (Lipinski definition) is 1. The van der Waals surface area contributed by atoms with Gasteiger partial charge in [-0.1, -0.05) is 30.8 Å². The Kier molecular flexibility index (Phi) is 4.26. The molecule has 1 heterocycles. The van der Waals surface area contributed by atoms with E-state index in [0.29, 0.717) is 22.0 Å². The summed E-state index contributed by atoms with van der Waals surface area (Å²) in [5.41, 5.74) is 1.07. The van der Waals surface area contributed by atoms with Gasteiger partial charge in [0.25, 0.3) is 5.56 Å². The van der Waals surface area contributed by atoms with E-state index in [1.165, 1.54) is 28.9 Å². The molecule has 0 atom stereocenters. The third-order valence-corrected chi connectivity index (χ3v) is 3.77. The standard InChI is InChI=1S/C19H16N2O4/c1-12-17(11-13-4-3-5-16(10-13)25-2)18(22)21(20-12)15-8-6-14(7-9-15)19(23)24/h3-11,20H,1H2,2H3,(H,23,24)/p-1/b17-11-. The molecule has 2 aromatic carbocycles. The van der Waals surface area contributed by atoms with Gasteiger partial charge >= 0.3 is 0 Å². The van der Waals surface area contributed by atoms with E-state index in [0.717, 1.165) is 5.56 Å². The summed E-state index contributed by atoms with van der Waals surface area (Å²) in [4.78, 5) is 23.5. The molecular weight excluding hydrogens is 320 g/mol. The van der Waals surface area contributed by atoms with Crippen molar-refractivity contribution in [3.63, 3.8) is 0 Å². The second-order valence-electron chi connectivity index (χ2n) is 5.40. The number of carboxylic acids is 1. The number of hydrogen-bond acceptors (Lipinski definition) is 4. The van der Waals surface area contributed by atoms with Crippen LogP contribution in [0.5, 0.6) is 5.75 Å². The molecular formula is C19H15N2O4-. The molecule has 0 unspecified atom stereocenters. The fourth-order valence-electron chi connectivity index (χ4n) is 2.47. The van der Waals surface area contributed by atoms with Crippen LogP contribution < -0.4 is 26.0 Å². The summed E-state index contributed by atoms with van der Waals surface area (Å²) in [6.07, 6.45) is 1.72. The normalized spacial score (nSPS) is 11.5. The van der Waals surface area contributed by atoms with Gasteiger partial charge in [-0.3, -0.25) is 9.89 Å². The number of carbonyl (C=O) groups excluding carboxylic acids is 1. The molecule has 6 heteroatoms. The van der Waals surface area contributed by atoms with Crippen LogP contribution in [0.15, 0.2) is 53.3 Å². The molecule has 0 aliphatic carbocycles. The summed E-state index contributed by atoms with van der Waals surface area (Å²) < 4.78 is 6.49. The lowest BCUT2D eigenvalue weighted by atomic mass is 10.2. The van der Waals surface area contributed by atoms with Gasteiger partial charge in [-0.05, 0) is 41.5 Å². The Morgan fingerprint density at radius 3 is 2.60 bits per heavy atom. The number of ether oxygens (including phenoxy) is 1. The van der Waals surface area contributed by atoms with Crippen molar-refractivity contribution in [2.45, 2.75) is 0 Å². The van der Waals surface area contributed by atoms with E-state index >= 15 is 0 Å². The molecule has 0 bridgehead atoms. The first kappa shape index (κ1) is 16.3. The molecule has 1 aromatic heterocycles. The highest BCUT2D eigenvalue weighted by Crippen LogP contribution is 2.12. The third kappa shape index (κ3) is 3.23. The van der Waals surface area contributed by atoms with E-state index in [1.807, 2.05) is 24.3 Å². The van der Waals surface area contributed by atoms with Crippen LogP contribution in [0.4, 0.5) is 0 Å². The first-order valence-electron chi connectivity index (χ1n) is 7.47. The molecule has 0 saturated heterocycles. The molecule has 0 saturated carbocycles. The van der Waals surface area contributed by atoms with E-state index < -0.39 is 5.97 Å². The van der Waals surface area contributed by atoms with Gasteiger partial charge < -0.3 is 14.6 Å². The van der Waals surface area contributed by atoms with Gasteiger partial charge in [-0.25, -0.2) is 4.68 Å². The number of methoxy groups -OCH3 is 1. The van der Waals surface area contributed by atoms with Crippen molar-refractivity contribution in [1.29, 1.82) is 0 Å². The SMILES string of the molecule is C=c1[nH]n(-c2ccc(C(=O)[O-])cc2)c(=O)/c1=C\c1cccc(OC)c1. The number of carboxylic acid groups (broad SMARTS) is 1. The fraction of sp³-hybridized carbons (Fsp3) is 0.0526. The van der Waals surface area contributed by atoms with E-state index in [9.17, 15) is 14.7 Å². The van der Waals surface area contributed by atoms with Crippen molar-refractivity contribution < 1.29 is 14.6 Å². The zero-order chi connectivity index (χ0) is 18.0. The Morgan fingerprint density at radius 2 is 1.96 bits per heavy atom. The summed E-state index contributed by atoms with van der Waals surface area (Å²) in [5.74, 6) is -0.580. The minimum absolute atomic E-state index is 0.0429. The first-order valence-corrected chi connectivity index (χ1v) is 7.47. The van der Waals surface area contributed by atoms with Crippen molar-refractivity contribution in [2.75, 3.05) is 7.11 Å².